The molecule has 1 unspecified atom stereocenters. The summed E-state index contributed by atoms with van der Waals surface area (Å²) < 4.78 is 0. The van der Waals surface area contributed by atoms with Crippen LogP contribution in [-0.4, -0.2) is 41.4 Å². The molecule has 3 heteroatoms. The molecule has 2 rings (SSSR count). The van der Waals surface area contributed by atoms with Crippen LogP contribution in [0.5, 0.6) is 0 Å². The summed E-state index contributed by atoms with van der Waals surface area (Å²) in [6, 6.07) is 6.22. The summed E-state index contributed by atoms with van der Waals surface area (Å²) in [5, 5.41) is 19.5. The van der Waals surface area contributed by atoms with Crippen molar-refractivity contribution in [2.75, 3.05) is 26.2 Å². The summed E-state index contributed by atoms with van der Waals surface area (Å²) in [7, 11) is 0. The van der Waals surface area contributed by atoms with E-state index in [9.17, 15) is 5.11 Å². The van der Waals surface area contributed by atoms with Gasteiger partial charge < -0.3 is 15.1 Å². The number of nitrogens with zero attached hydrogens (tertiary/aromatic N) is 1. The lowest BCUT2D eigenvalue weighted by atomic mass is 9.96. The molecule has 1 aromatic carbocycles. The van der Waals surface area contributed by atoms with Gasteiger partial charge in [-0.05, 0) is 56.8 Å². The standard InChI is InChI=1S/C16H25NO2/c1-12-3-4-15(13(2)9-12)16(19)10-17-7-5-14(11-18)6-8-17/h3-4,9,14,16,18-19H,5-8,10-11H2,1-2H3. The topological polar surface area (TPSA) is 43.7 Å². The Morgan fingerprint density at radius 1 is 1.26 bits per heavy atom. The van der Waals surface area contributed by atoms with E-state index in [-0.39, 0.29) is 0 Å². The molecule has 0 spiro atoms. The summed E-state index contributed by atoms with van der Waals surface area (Å²) in [4.78, 5) is 2.30. The fourth-order valence-corrected chi connectivity index (χ4v) is 2.89. The molecule has 1 aliphatic rings. The monoisotopic (exact) mass is 263 g/mol. The second kappa shape index (κ2) is 6.51. The molecule has 19 heavy (non-hydrogen) atoms. The van der Waals surface area contributed by atoms with Crippen molar-refractivity contribution < 1.29 is 10.2 Å². The Labute approximate surface area is 115 Å². The van der Waals surface area contributed by atoms with Crippen LogP contribution in [0.2, 0.25) is 0 Å². The highest BCUT2D eigenvalue weighted by molar-refractivity contribution is 5.32. The maximum absolute atomic E-state index is 10.4. The lowest BCUT2D eigenvalue weighted by Crippen LogP contribution is -2.37. The second-order valence-corrected chi connectivity index (χ2v) is 5.80. The zero-order valence-electron chi connectivity index (χ0n) is 12.0. The van der Waals surface area contributed by atoms with Crippen LogP contribution >= 0.6 is 0 Å². The number of hydrogen-bond acceptors (Lipinski definition) is 3. The van der Waals surface area contributed by atoms with Crippen LogP contribution in [0.15, 0.2) is 18.2 Å². The van der Waals surface area contributed by atoms with Crippen molar-refractivity contribution >= 4 is 0 Å². The van der Waals surface area contributed by atoms with Crippen molar-refractivity contribution in [3.05, 3.63) is 34.9 Å². The zero-order chi connectivity index (χ0) is 13.8. The Balaban J connectivity index is 1.92. The van der Waals surface area contributed by atoms with Crippen LogP contribution in [0.25, 0.3) is 0 Å². The molecular weight excluding hydrogens is 238 g/mol. The second-order valence-electron chi connectivity index (χ2n) is 5.80. The molecule has 1 aliphatic heterocycles. The summed E-state index contributed by atoms with van der Waals surface area (Å²) in [6.07, 6.45) is 1.66. The lowest BCUT2D eigenvalue weighted by Gasteiger charge is -2.32. The van der Waals surface area contributed by atoms with E-state index in [1.54, 1.807) is 0 Å². The number of aliphatic hydroxyl groups excluding tert-OH is 2. The first-order valence-electron chi connectivity index (χ1n) is 7.18. The first kappa shape index (κ1) is 14.5. The molecular formula is C16H25NO2. The van der Waals surface area contributed by atoms with Gasteiger partial charge in [-0.3, -0.25) is 0 Å². The molecule has 3 nitrogen and oxygen atoms in total. The van der Waals surface area contributed by atoms with Gasteiger partial charge in [0, 0.05) is 13.2 Å². The smallest absolute Gasteiger partial charge is 0.0919 e. The van der Waals surface area contributed by atoms with E-state index in [1.807, 2.05) is 6.07 Å². The van der Waals surface area contributed by atoms with Gasteiger partial charge in [-0.1, -0.05) is 23.8 Å². The lowest BCUT2D eigenvalue weighted by molar-refractivity contribution is 0.0760. The Morgan fingerprint density at radius 2 is 1.95 bits per heavy atom. The van der Waals surface area contributed by atoms with Crippen molar-refractivity contribution in [1.82, 2.24) is 4.90 Å². The van der Waals surface area contributed by atoms with Gasteiger partial charge in [0.1, 0.15) is 0 Å². The van der Waals surface area contributed by atoms with Crippen LogP contribution in [-0.2, 0) is 0 Å². The molecule has 1 fully saturated rings. The Bertz CT molecular complexity index is 411. The third kappa shape index (κ3) is 3.78. The van der Waals surface area contributed by atoms with E-state index >= 15 is 0 Å². The minimum atomic E-state index is -0.411. The molecule has 0 radical (unpaired) electrons. The van der Waals surface area contributed by atoms with Gasteiger partial charge in [0.05, 0.1) is 6.10 Å². The molecule has 106 valence electrons. The molecule has 0 bridgehead atoms. The average molecular weight is 263 g/mol. The van der Waals surface area contributed by atoms with Gasteiger partial charge in [0.25, 0.3) is 0 Å². The van der Waals surface area contributed by atoms with Crippen LogP contribution in [0, 0.1) is 19.8 Å². The fraction of sp³-hybridized carbons (Fsp3) is 0.625. The summed E-state index contributed by atoms with van der Waals surface area (Å²) in [6.45, 7) is 7.09. The quantitative estimate of drug-likeness (QED) is 0.873. The van der Waals surface area contributed by atoms with Gasteiger partial charge in [0.15, 0.2) is 0 Å². The molecule has 1 aromatic rings. The summed E-state index contributed by atoms with van der Waals surface area (Å²) in [5.41, 5.74) is 3.44. The molecule has 2 N–H and O–H groups in total. The Morgan fingerprint density at radius 3 is 2.53 bits per heavy atom. The van der Waals surface area contributed by atoms with Gasteiger partial charge in [0.2, 0.25) is 0 Å². The number of β-amino-alcohol motifs (C(OH)–C–C–N with tert-alkyl or cyclic N) is 1. The number of piperidine rings is 1. The summed E-state index contributed by atoms with van der Waals surface area (Å²) in [5.74, 6) is 0.453. The average Bonchev–Trinajstić information content (AvgIpc) is 2.39. The number of aliphatic hydroxyl groups is 2. The molecule has 1 saturated heterocycles. The van der Waals surface area contributed by atoms with Crippen LogP contribution in [0.4, 0.5) is 0 Å². The normalized spacial score (nSPS) is 19.6. The van der Waals surface area contributed by atoms with Crippen molar-refractivity contribution in [3.63, 3.8) is 0 Å². The first-order valence-corrected chi connectivity index (χ1v) is 7.18. The first-order chi connectivity index (χ1) is 9.10. The minimum absolute atomic E-state index is 0.299. The number of rotatable bonds is 4. The van der Waals surface area contributed by atoms with Crippen molar-refractivity contribution in [1.29, 1.82) is 0 Å². The van der Waals surface area contributed by atoms with E-state index in [1.165, 1.54) is 5.56 Å². The highest BCUT2D eigenvalue weighted by atomic mass is 16.3. The zero-order valence-corrected chi connectivity index (χ0v) is 12.0. The molecule has 0 saturated carbocycles. The van der Waals surface area contributed by atoms with Gasteiger partial charge in [-0.25, -0.2) is 0 Å². The van der Waals surface area contributed by atoms with Gasteiger partial charge >= 0.3 is 0 Å². The van der Waals surface area contributed by atoms with Gasteiger partial charge in [-0.15, -0.1) is 0 Å². The van der Waals surface area contributed by atoms with E-state index < -0.39 is 6.10 Å². The largest absolute Gasteiger partial charge is 0.396 e. The van der Waals surface area contributed by atoms with Crippen LogP contribution in [0.1, 0.15) is 35.6 Å². The number of hydrogen-bond donors (Lipinski definition) is 2. The molecule has 1 atom stereocenters. The molecule has 0 aromatic heterocycles. The van der Waals surface area contributed by atoms with Crippen LogP contribution < -0.4 is 0 Å². The van der Waals surface area contributed by atoms with Crippen molar-refractivity contribution in [3.8, 4) is 0 Å². The van der Waals surface area contributed by atoms with E-state index in [4.69, 9.17) is 5.11 Å². The van der Waals surface area contributed by atoms with E-state index in [2.05, 4.69) is 30.9 Å². The van der Waals surface area contributed by atoms with E-state index in [0.717, 1.165) is 37.1 Å². The number of aryl methyl sites for hydroxylation is 2. The summed E-state index contributed by atoms with van der Waals surface area (Å²) >= 11 is 0. The van der Waals surface area contributed by atoms with Gasteiger partial charge in [-0.2, -0.15) is 0 Å². The third-order valence-corrected chi connectivity index (χ3v) is 4.18. The van der Waals surface area contributed by atoms with Crippen molar-refractivity contribution in [2.24, 2.45) is 5.92 Å². The SMILES string of the molecule is Cc1ccc(C(O)CN2CCC(CO)CC2)c(C)c1. The minimum Gasteiger partial charge on any atom is -0.396 e. The van der Waals surface area contributed by atoms with Crippen molar-refractivity contribution in [2.45, 2.75) is 32.8 Å². The maximum Gasteiger partial charge on any atom is 0.0919 e. The number of likely N-dealkylation sites (tertiary alicyclic amines) is 1. The predicted molar refractivity (Wildman–Crippen MR) is 77.1 cm³/mol. The molecule has 1 heterocycles. The number of benzene rings is 1. The maximum atomic E-state index is 10.4. The Kier molecular flexibility index (Phi) is 4.97. The predicted octanol–water partition coefficient (Wildman–Crippen LogP) is 2.04. The highest BCUT2D eigenvalue weighted by Crippen LogP contribution is 2.23. The fourth-order valence-electron chi connectivity index (χ4n) is 2.89. The molecule has 0 aliphatic carbocycles. The molecule has 0 amide bonds. The Hall–Kier alpha value is -0.900. The third-order valence-electron chi connectivity index (χ3n) is 4.18. The highest BCUT2D eigenvalue weighted by Gasteiger charge is 2.21. The van der Waals surface area contributed by atoms with Crippen LogP contribution in [0.3, 0.4) is 0 Å². The van der Waals surface area contributed by atoms with E-state index in [0.29, 0.717) is 19.1 Å².